The third-order valence-corrected chi connectivity index (χ3v) is 7.99. The normalized spacial score (nSPS) is 12.0. The quantitative estimate of drug-likeness (QED) is 0.214. The van der Waals surface area contributed by atoms with Crippen LogP contribution in [-0.4, -0.2) is 50.6 Å². The Kier molecular flexibility index (Phi) is 8.67. The fourth-order valence-electron chi connectivity index (χ4n) is 4.33. The average molecular weight is 545 g/mol. The molecule has 2 heterocycles. The molecule has 0 aliphatic heterocycles. The minimum Gasteiger partial charge on any atom is -0.323 e. The molecule has 0 unspecified atom stereocenters. The third kappa shape index (κ3) is 5.44. The summed E-state index contributed by atoms with van der Waals surface area (Å²) in [7, 11) is 1.87. The number of anilines is 2. The molecule has 2 N–H and O–H groups in total. The van der Waals surface area contributed by atoms with Gasteiger partial charge in [0.1, 0.15) is 0 Å². The Bertz CT molecular complexity index is 1450. The molecule has 0 aliphatic rings. The summed E-state index contributed by atoms with van der Waals surface area (Å²) in [6, 6.07) is 9.23. The van der Waals surface area contributed by atoms with Gasteiger partial charge in [0.25, 0.3) is 5.56 Å². The second-order valence-electron chi connectivity index (χ2n) is 8.57. The lowest BCUT2D eigenvalue weighted by atomic mass is 10.0. The molecule has 0 saturated carbocycles. The minimum absolute atomic E-state index is 0.139. The van der Waals surface area contributed by atoms with Crippen LogP contribution in [0.3, 0.4) is 0 Å². The third-order valence-electron chi connectivity index (χ3n) is 6.46. The molecule has 4 rings (SSSR count). The molecule has 0 fully saturated rings. The van der Waals surface area contributed by atoms with Crippen molar-refractivity contribution >= 4 is 74.5 Å². The summed E-state index contributed by atoms with van der Waals surface area (Å²) >= 11 is 14.6. The topological polar surface area (TPSA) is 66.0 Å². The van der Waals surface area contributed by atoms with E-state index < -0.39 is 0 Å². The van der Waals surface area contributed by atoms with E-state index in [0.29, 0.717) is 32.6 Å². The van der Waals surface area contributed by atoms with Crippen LogP contribution in [0.1, 0.15) is 25.1 Å². The lowest BCUT2D eigenvalue weighted by Crippen LogP contribution is -2.25. The first-order valence-corrected chi connectivity index (χ1v) is 14.0. The number of thioether (sulfide) groups is 1. The van der Waals surface area contributed by atoms with Gasteiger partial charge >= 0.3 is 0 Å². The average Bonchev–Trinajstić information content (AvgIpc) is 3.18. The number of aromatic nitrogens is 3. The van der Waals surface area contributed by atoms with E-state index in [4.69, 9.17) is 28.2 Å². The molecule has 36 heavy (non-hydrogen) atoms. The number of aryl methyl sites for hydroxylation is 2. The summed E-state index contributed by atoms with van der Waals surface area (Å²) in [4.78, 5) is 23.5. The zero-order valence-corrected chi connectivity index (χ0v) is 23.3. The van der Waals surface area contributed by atoms with Crippen molar-refractivity contribution in [3.8, 4) is 0 Å². The van der Waals surface area contributed by atoms with E-state index in [0.717, 1.165) is 53.3 Å². The van der Waals surface area contributed by atoms with Crippen molar-refractivity contribution < 1.29 is 0 Å². The lowest BCUT2D eigenvalue weighted by Gasteiger charge is -2.16. The number of nitrogens with zero attached hydrogens (tertiary/aromatic N) is 3. The predicted molar refractivity (Wildman–Crippen MR) is 157 cm³/mol. The Hall–Kier alpha value is -2.45. The summed E-state index contributed by atoms with van der Waals surface area (Å²) < 4.78 is 1.87. The van der Waals surface area contributed by atoms with Crippen LogP contribution in [0.5, 0.6) is 0 Å². The highest BCUT2D eigenvalue weighted by Crippen LogP contribution is 2.34. The molecule has 9 heteroatoms. The minimum atomic E-state index is -0.139. The highest BCUT2D eigenvalue weighted by atomic mass is 35.5. The number of hydrogen-bond donors (Lipinski definition) is 2. The molecule has 4 aromatic rings. The van der Waals surface area contributed by atoms with E-state index in [9.17, 15) is 4.79 Å². The summed E-state index contributed by atoms with van der Waals surface area (Å²) in [5, 5.41) is 5.74. The molecule has 2 aromatic heterocycles. The molecule has 0 amide bonds. The van der Waals surface area contributed by atoms with Crippen molar-refractivity contribution in [3.63, 3.8) is 0 Å². The smallest absolute Gasteiger partial charge is 0.258 e. The molecule has 0 atom stereocenters. The highest BCUT2D eigenvalue weighted by Gasteiger charge is 2.17. The summed E-state index contributed by atoms with van der Waals surface area (Å²) in [5.41, 5.74) is 3.77. The van der Waals surface area contributed by atoms with Gasteiger partial charge in [-0.1, -0.05) is 55.3 Å². The largest absolute Gasteiger partial charge is 0.323 e. The van der Waals surface area contributed by atoms with E-state index in [-0.39, 0.29) is 5.56 Å². The maximum atomic E-state index is 13.3. The van der Waals surface area contributed by atoms with Crippen molar-refractivity contribution in [2.75, 3.05) is 36.5 Å². The van der Waals surface area contributed by atoms with Crippen molar-refractivity contribution in [2.24, 2.45) is 7.05 Å². The number of para-hydroxylation sites is 1. The first-order chi connectivity index (χ1) is 17.3. The molecule has 0 spiro atoms. The van der Waals surface area contributed by atoms with Crippen LogP contribution in [0.4, 0.5) is 11.6 Å². The maximum Gasteiger partial charge on any atom is 0.258 e. The number of H-pyrrole nitrogens is 1. The van der Waals surface area contributed by atoms with Gasteiger partial charge in [0.2, 0.25) is 5.95 Å². The Morgan fingerprint density at radius 3 is 2.58 bits per heavy atom. The Morgan fingerprint density at radius 2 is 1.89 bits per heavy atom. The summed E-state index contributed by atoms with van der Waals surface area (Å²) in [5.74, 6) is 2.55. The molecule has 6 nitrogen and oxygen atoms in total. The number of imidazole rings is 1. The molecule has 0 saturated heterocycles. The number of aromatic amines is 1. The van der Waals surface area contributed by atoms with Gasteiger partial charge in [-0.3, -0.25) is 4.79 Å². The van der Waals surface area contributed by atoms with Crippen LogP contribution in [0.2, 0.25) is 10.0 Å². The van der Waals surface area contributed by atoms with Crippen molar-refractivity contribution in [3.05, 3.63) is 68.1 Å². The zero-order chi connectivity index (χ0) is 25.8. The SMILES string of the molecule is CCN(CC)CCSCC=Cc1[nH]c(=O)c2c(ccc3nc(Nc4c(Cl)cccc4Cl)n(C)c32)c1C. The van der Waals surface area contributed by atoms with Gasteiger partial charge in [0.05, 0.1) is 32.2 Å². The van der Waals surface area contributed by atoms with Crippen molar-refractivity contribution in [1.29, 1.82) is 0 Å². The number of rotatable bonds is 10. The number of nitrogens with one attached hydrogen (secondary N) is 2. The van der Waals surface area contributed by atoms with E-state index in [1.807, 2.05) is 48.5 Å². The molecular weight excluding hydrogens is 513 g/mol. The predicted octanol–water partition coefficient (Wildman–Crippen LogP) is 6.86. The number of hydrogen-bond acceptors (Lipinski definition) is 5. The van der Waals surface area contributed by atoms with Crippen LogP contribution >= 0.6 is 35.0 Å². The van der Waals surface area contributed by atoms with Crippen LogP contribution in [-0.2, 0) is 7.05 Å². The number of halogens is 2. The van der Waals surface area contributed by atoms with Crippen LogP contribution < -0.4 is 10.9 Å². The Morgan fingerprint density at radius 1 is 1.17 bits per heavy atom. The van der Waals surface area contributed by atoms with Crippen LogP contribution in [0, 0.1) is 6.92 Å². The molecule has 0 bridgehead atoms. The van der Waals surface area contributed by atoms with E-state index in [1.54, 1.807) is 18.2 Å². The van der Waals surface area contributed by atoms with Gasteiger partial charge < -0.3 is 19.8 Å². The van der Waals surface area contributed by atoms with Gasteiger partial charge in [-0.25, -0.2) is 4.98 Å². The van der Waals surface area contributed by atoms with Gasteiger partial charge in [0.15, 0.2) is 0 Å². The number of benzene rings is 2. The zero-order valence-electron chi connectivity index (χ0n) is 21.0. The second-order valence-corrected chi connectivity index (χ2v) is 10.5. The van der Waals surface area contributed by atoms with E-state index in [2.05, 4.69) is 35.1 Å². The second kappa shape index (κ2) is 11.7. The lowest BCUT2D eigenvalue weighted by molar-refractivity contribution is 0.324. The fourth-order valence-corrected chi connectivity index (χ4v) is 5.61. The monoisotopic (exact) mass is 543 g/mol. The van der Waals surface area contributed by atoms with Crippen molar-refractivity contribution in [1.82, 2.24) is 19.4 Å². The van der Waals surface area contributed by atoms with E-state index in [1.165, 1.54) is 0 Å². The number of pyridine rings is 1. The maximum absolute atomic E-state index is 13.3. The highest BCUT2D eigenvalue weighted by molar-refractivity contribution is 7.99. The summed E-state index contributed by atoms with van der Waals surface area (Å²) in [6.07, 6.45) is 4.13. The number of fused-ring (bicyclic) bond motifs is 3. The van der Waals surface area contributed by atoms with Crippen LogP contribution in [0.15, 0.2) is 41.2 Å². The first-order valence-electron chi connectivity index (χ1n) is 12.0. The van der Waals surface area contributed by atoms with Gasteiger partial charge in [-0.15, -0.1) is 0 Å². The van der Waals surface area contributed by atoms with Gasteiger partial charge in [-0.05, 0) is 55.2 Å². The van der Waals surface area contributed by atoms with E-state index >= 15 is 0 Å². The fraction of sp³-hybridized carbons (Fsp3) is 0.333. The van der Waals surface area contributed by atoms with Gasteiger partial charge in [-0.2, -0.15) is 11.8 Å². The van der Waals surface area contributed by atoms with Crippen LogP contribution in [0.25, 0.3) is 27.9 Å². The Labute approximate surface area is 225 Å². The Balaban J connectivity index is 1.62. The molecule has 0 aliphatic carbocycles. The van der Waals surface area contributed by atoms with Gasteiger partial charge in [0, 0.05) is 30.8 Å². The standard InChI is InChI=1S/C27H31Cl2N5OS/c1-5-34(6-2)14-16-36-15-8-11-21-17(3)18-12-13-22-25(23(18)26(35)30-21)33(4)27(31-22)32-24-19(28)9-7-10-20(24)29/h7-13H,5-6,14-16H2,1-4H3,(H,30,35)(H,31,32). The summed E-state index contributed by atoms with van der Waals surface area (Å²) in [6.45, 7) is 9.68. The first kappa shape index (κ1) is 26.6. The van der Waals surface area contributed by atoms with Crippen molar-refractivity contribution in [2.45, 2.75) is 20.8 Å². The molecule has 2 aromatic carbocycles. The molecule has 190 valence electrons. The molecular formula is C27H31Cl2N5OS. The molecule has 0 radical (unpaired) electrons.